The maximum Gasteiger partial charge on any atom is 0.214 e. The summed E-state index contributed by atoms with van der Waals surface area (Å²) in [5.41, 5.74) is 17.5. The minimum atomic E-state index is -0.0373. The molecule has 2 atom stereocenters. The number of nitrogens with zero attached hydrogens (tertiary/aromatic N) is 5. The standard InChI is InChI=1S/C74H54N5OS/c1-3-73-47-74(73,4-2)78-46-55-31-20-32-60(50-25-14-7-15-26-50)61(55)45-66(78)62-44-59(35-36-63(62)73)79-64-37-33-53(69(80)58-40-56(48-21-10-5-11-22-48)39-57(41-58)49-23-12-6-13-24-49)42-67(64)81-68-43-54(34-38-65(68)79)72-76-70(51-27-16-8-17-28-51)75-71(77-72)52-29-18-9-19-30-52/h5-46H,3-4,47H2,1-2H3/q+1. The Bertz CT molecular complexity index is 4340. The minimum Gasteiger partial charge on any atom is -0.308 e. The van der Waals surface area contributed by atoms with E-state index < -0.39 is 0 Å². The van der Waals surface area contributed by atoms with E-state index in [2.05, 4.69) is 163 Å². The summed E-state index contributed by atoms with van der Waals surface area (Å²) < 4.78 is 2.65. The quantitative estimate of drug-likeness (QED) is 0.0950. The zero-order chi connectivity index (χ0) is 54.2. The van der Waals surface area contributed by atoms with E-state index in [4.69, 9.17) is 15.0 Å². The fourth-order valence-electron chi connectivity index (χ4n) is 13.2. The minimum absolute atomic E-state index is 0.00959. The molecule has 10 aromatic carbocycles. The van der Waals surface area contributed by atoms with Gasteiger partial charge in [0.2, 0.25) is 5.69 Å². The van der Waals surface area contributed by atoms with E-state index in [1.165, 1.54) is 38.7 Å². The summed E-state index contributed by atoms with van der Waals surface area (Å²) in [6.07, 6.45) is 5.63. The van der Waals surface area contributed by atoms with Gasteiger partial charge in [-0.1, -0.05) is 195 Å². The second kappa shape index (κ2) is 19.4. The van der Waals surface area contributed by atoms with Gasteiger partial charge >= 0.3 is 0 Å². The number of pyridine rings is 1. The Morgan fingerprint density at radius 3 is 1.62 bits per heavy atom. The molecule has 0 amide bonds. The summed E-state index contributed by atoms with van der Waals surface area (Å²) in [5.74, 6) is 1.76. The summed E-state index contributed by atoms with van der Waals surface area (Å²) in [4.78, 5) is 34.9. The lowest BCUT2D eigenvalue weighted by molar-refractivity contribution is -0.734. The van der Waals surface area contributed by atoms with E-state index in [1.807, 2.05) is 115 Å². The highest BCUT2D eigenvalue weighted by atomic mass is 32.2. The van der Waals surface area contributed by atoms with Crippen molar-refractivity contribution < 1.29 is 9.36 Å². The predicted octanol–water partition coefficient (Wildman–Crippen LogP) is 18.3. The molecule has 0 saturated heterocycles. The number of benzene rings is 10. The van der Waals surface area contributed by atoms with Gasteiger partial charge in [-0.2, -0.15) is 4.57 Å². The fraction of sp³-hybridized carbons (Fsp3) is 0.0946. The Labute approximate surface area is 476 Å². The Hall–Kier alpha value is -9.56. The van der Waals surface area contributed by atoms with Crippen LogP contribution in [0, 0.1) is 0 Å². The number of hydrogen-bond donors (Lipinski definition) is 0. The van der Waals surface area contributed by atoms with Crippen molar-refractivity contribution in [2.75, 3.05) is 4.90 Å². The third-order valence-corrected chi connectivity index (χ3v) is 18.4. The van der Waals surface area contributed by atoms with Crippen molar-refractivity contribution in [3.63, 3.8) is 0 Å². The summed E-state index contributed by atoms with van der Waals surface area (Å²) >= 11 is 1.68. The lowest BCUT2D eigenvalue weighted by Crippen LogP contribution is -2.54. The molecule has 0 radical (unpaired) electrons. The van der Waals surface area contributed by atoms with Crippen LogP contribution < -0.4 is 9.47 Å². The van der Waals surface area contributed by atoms with Gasteiger partial charge in [-0.3, -0.25) is 4.79 Å². The van der Waals surface area contributed by atoms with Crippen LogP contribution in [0.1, 0.15) is 54.6 Å². The third-order valence-electron chi connectivity index (χ3n) is 17.3. The molecule has 2 aromatic heterocycles. The molecular weight excluding hydrogens is 1010 g/mol. The molecule has 4 heterocycles. The topological polar surface area (TPSA) is 62.9 Å². The number of fused-ring (bicyclic) bond motifs is 9. The van der Waals surface area contributed by atoms with Crippen molar-refractivity contribution in [1.82, 2.24) is 15.0 Å². The highest BCUT2D eigenvalue weighted by molar-refractivity contribution is 7.99. The van der Waals surface area contributed by atoms with Crippen LogP contribution in [0.15, 0.2) is 265 Å². The molecule has 1 aliphatic carbocycles. The Morgan fingerprint density at radius 1 is 0.469 bits per heavy atom. The van der Waals surface area contributed by atoms with Crippen LogP contribution in [-0.2, 0) is 11.0 Å². The van der Waals surface area contributed by atoms with Crippen molar-refractivity contribution in [2.24, 2.45) is 0 Å². The van der Waals surface area contributed by atoms with Crippen LogP contribution in [0.25, 0.3) is 89.6 Å². The molecule has 2 unspecified atom stereocenters. The number of aromatic nitrogens is 4. The van der Waals surface area contributed by atoms with E-state index in [0.29, 0.717) is 28.6 Å². The Morgan fingerprint density at radius 2 is 1.02 bits per heavy atom. The van der Waals surface area contributed by atoms with E-state index in [0.717, 1.165) is 85.1 Å². The molecule has 3 aliphatic rings. The first-order valence-electron chi connectivity index (χ1n) is 28.0. The van der Waals surface area contributed by atoms with Gasteiger partial charge in [-0.25, -0.2) is 15.0 Å². The van der Waals surface area contributed by atoms with Gasteiger partial charge in [0.15, 0.2) is 35.0 Å². The van der Waals surface area contributed by atoms with Gasteiger partial charge < -0.3 is 4.90 Å². The number of carbonyl (C=O) groups is 1. The second-order valence-electron chi connectivity index (χ2n) is 21.6. The van der Waals surface area contributed by atoms with Gasteiger partial charge in [0.1, 0.15) is 0 Å². The van der Waals surface area contributed by atoms with Crippen LogP contribution in [0.2, 0.25) is 0 Å². The average Bonchev–Trinajstić information content (AvgIpc) is 3.79. The SMILES string of the molecule is CCC12CC1(CC)[n+]1cc3cccc(-c4ccccc4)c3cc1-c1cc(N3c4ccc(C(=O)c5cc(-c6ccccc6)cc(-c6ccccc6)c5)cc4Sc4cc(-c5nc(-c6ccccc6)nc(-c6ccccc6)n5)ccc43)ccc12. The molecule has 2 aliphatic heterocycles. The normalized spacial score (nSPS) is 16.4. The first-order chi connectivity index (χ1) is 39.9. The molecule has 15 rings (SSSR count). The van der Waals surface area contributed by atoms with Crippen molar-refractivity contribution in [2.45, 2.75) is 53.9 Å². The molecule has 12 aromatic rings. The second-order valence-corrected chi connectivity index (χ2v) is 22.7. The maximum atomic E-state index is 15.2. The van der Waals surface area contributed by atoms with E-state index in [9.17, 15) is 0 Å². The molecule has 6 nitrogen and oxygen atoms in total. The third kappa shape index (κ3) is 8.05. The number of anilines is 3. The van der Waals surface area contributed by atoms with Gasteiger partial charge in [-0.15, -0.1) is 0 Å². The van der Waals surface area contributed by atoms with Crippen molar-refractivity contribution >= 4 is 45.4 Å². The van der Waals surface area contributed by atoms with Gasteiger partial charge in [0.25, 0.3) is 0 Å². The van der Waals surface area contributed by atoms with Crippen molar-refractivity contribution in [3.8, 4) is 78.8 Å². The van der Waals surface area contributed by atoms with Gasteiger partial charge in [0, 0.05) is 73.0 Å². The maximum absolute atomic E-state index is 15.2. The number of hydrogen-bond acceptors (Lipinski definition) is 6. The average molecular weight is 1060 g/mol. The van der Waals surface area contributed by atoms with Gasteiger partial charge in [0.05, 0.1) is 22.4 Å². The zero-order valence-electron chi connectivity index (χ0n) is 44.9. The zero-order valence-corrected chi connectivity index (χ0v) is 45.7. The monoisotopic (exact) mass is 1060 g/mol. The van der Waals surface area contributed by atoms with E-state index in [1.54, 1.807) is 11.8 Å². The molecule has 7 heteroatoms. The molecule has 1 fully saturated rings. The van der Waals surface area contributed by atoms with Crippen molar-refractivity contribution in [3.05, 3.63) is 272 Å². The smallest absolute Gasteiger partial charge is 0.214 e. The molecule has 386 valence electrons. The number of rotatable bonds is 11. The summed E-state index contributed by atoms with van der Waals surface area (Å²) in [7, 11) is 0. The van der Waals surface area contributed by atoms with Crippen LogP contribution in [-0.4, -0.2) is 20.7 Å². The first kappa shape index (κ1) is 48.6. The molecule has 0 N–H and O–H groups in total. The van der Waals surface area contributed by atoms with Gasteiger partial charge in [-0.05, 0) is 118 Å². The Kier molecular flexibility index (Phi) is 11.6. The van der Waals surface area contributed by atoms with E-state index in [-0.39, 0.29) is 16.7 Å². The number of carbonyl (C=O) groups excluding carboxylic acids is 1. The summed E-state index contributed by atoms with van der Waals surface area (Å²) in [6.45, 7) is 4.74. The highest BCUT2D eigenvalue weighted by Gasteiger charge is 2.76. The number of ketones is 1. The Balaban J connectivity index is 0.909. The molecule has 0 spiro atoms. The molecular formula is C74H54N5OS+. The van der Waals surface area contributed by atoms with Crippen LogP contribution in [0.5, 0.6) is 0 Å². The first-order valence-corrected chi connectivity index (χ1v) is 28.8. The van der Waals surface area contributed by atoms with Crippen LogP contribution >= 0.6 is 11.8 Å². The summed E-state index contributed by atoms with van der Waals surface area (Å²) in [6, 6.07) is 87.1. The largest absolute Gasteiger partial charge is 0.308 e. The highest BCUT2D eigenvalue weighted by Crippen LogP contribution is 2.68. The van der Waals surface area contributed by atoms with Crippen LogP contribution in [0.4, 0.5) is 17.1 Å². The van der Waals surface area contributed by atoms with Crippen LogP contribution in [0.3, 0.4) is 0 Å². The molecule has 0 bridgehead atoms. The lowest BCUT2D eigenvalue weighted by Gasteiger charge is -2.35. The fourth-order valence-corrected chi connectivity index (χ4v) is 14.4. The van der Waals surface area contributed by atoms with E-state index >= 15 is 4.79 Å². The molecule has 1 saturated carbocycles. The summed E-state index contributed by atoms with van der Waals surface area (Å²) in [5, 5.41) is 2.49. The molecule has 81 heavy (non-hydrogen) atoms. The predicted molar refractivity (Wildman–Crippen MR) is 329 cm³/mol. The van der Waals surface area contributed by atoms with Crippen molar-refractivity contribution in [1.29, 1.82) is 0 Å². The lowest BCUT2D eigenvalue weighted by atomic mass is 9.79.